The molecule has 0 spiro atoms. The number of benzene rings is 1. The lowest BCUT2D eigenvalue weighted by Gasteiger charge is -2.29. The summed E-state index contributed by atoms with van der Waals surface area (Å²) in [5, 5.41) is 12.7. The van der Waals surface area contributed by atoms with Crippen LogP contribution in [-0.4, -0.2) is 50.7 Å². The van der Waals surface area contributed by atoms with Crippen LogP contribution in [0.3, 0.4) is 0 Å². The third-order valence-electron chi connectivity index (χ3n) is 3.64. The fourth-order valence-electron chi connectivity index (χ4n) is 2.32. The number of aliphatic hydroxyl groups is 1. The second-order valence-corrected chi connectivity index (χ2v) is 6.08. The van der Waals surface area contributed by atoms with E-state index in [2.05, 4.69) is 10.2 Å². The number of alkyl carbamates (subject to hydrolysis) is 1. The average Bonchev–Trinajstić information content (AvgIpc) is 2.58. The van der Waals surface area contributed by atoms with Crippen LogP contribution < -0.4 is 10.2 Å². The Kier molecular flexibility index (Phi) is 6.67. The van der Waals surface area contributed by atoms with E-state index in [0.717, 1.165) is 37.6 Å². The summed E-state index contributed by atoms with van der Waals surface area (Å²) in [6.45, 7) is 7.69. The molecular formula is C17H26N2O4. The van der Waals surface area contributed by atoms with Gasteiger partial charge in [0.15, 0.2) is 0 Å². The molecule has 1 amide bonds. The van der Waals surface area contributed by atoms with Gasteiger partial charge in [-0.15, -0.1) is 0 Å². The highest BCUT2D eigenvalue weighted by atomic mass is 16.5. The Morgan fingerprint density at radius 3 is 2.57 bits per heavy atom. The monoisotopic (exact) mass is 322 g/mol. The first-order valence-corrected chi connectivity index (χ1v) is 8.07. The zero-order valence-corrected chi connectivity index (χ0v) is 13.8. The van der Waals surface area contributed by atoms with Crippen LogP contribution in [0.2, 0.25) is 0 Å². The summed E-state index contributed by atoms with van der Waals surface area (Å²) >= 11 is 0. The molecule has 128 valence electrons. The Hall–Kier alpha value is -1.79. The first-order valence-electron chi connectivity index (χ1n) is 8.07. The first-order chi connectivity index (χ1) is 11.1. The van der Waals surface area contributed by atoms with Crippen LogP contribution in [0.4, 0.5) is 10.5 Å². The van der Waals surface area contributed by atoms with E-state index in [1.165, 1.54) is 0 Å². The number of nitrogens with zero attached hydrogens (tertiary/aromatic N) is 1. The second-order valence-electron chi connectivity index (χ2n) is 6.08. The molecule has 1 heterocycles. The van der Waals surface area contributed by atoms with Crippen molar-refractivity contribution >= 4 is 11.8 Å². The molecule has 2 N–H and O–H groups in total. The van der Waals surface area contributed by atoms with Crippen LogP contribution in [0, 0.1) is 5.92 Å². The third-order valence-corrected chi connectivity index (χ3v) is 3.64. The van der Waals surface area contributed by atoms with Gasteiger partial charge in [-0.1, -0.05) is 26.0 Å². The number of aliphatic hydroxyl groups excluding tert-OH is 1. The maximum Gasteiger partial charge on any atom is 0.407 e. The largest absolute Gasteiger partial charge is 0.449 e. The summed E-state index contributed by atoms with van der Waals surface area (Å²) in [5.74, 6) is 0.290. The Morgan fingerprint density at radius 2 is 1.96 bits per heavy atom. The van der Waals surface area contributed by atoms with Crippen molar-refractivity contribution in [2.75, 3.05) is 44.4 Å². The molecule has 1 atom stereocenters. The van der Waals surface area contributed by atoms with Crippen LogP contribution in [0.25, 0.3) is 0 Å². The molecule has 0 bridgehead atoms. The van der Waals surface area contributed by atoms with E-state index in [9.17, 15) is 9.90 Å². The molecule has 1 aliphatic rings. The zero-order valence-electron chi connectivity index (χ0n) is 13.8. The molecule has 0 saturated carbocycles. The Labute approximate surface area is 137 Å². The number of rotatable bonds is 6. The van der Waals surface area contributed by atoms with Crippen molar-refractivity contribution in [2.45, 2.75) is 20.0 Å². The molecule has 2 rings (SSSR count). The number of morpholine rings is 1. The lowest BCUT2D eigenvalue weighted by molar-refractivity contribution is 0.121. The normalized spacial score (nSPS) is 16.3. The van der Waals surface area contributed by atoms with Gasteiger partial charge >= 0.3 is 6.09 Å². The van der Waals surface area contributed by atoms with Crippen LogP contribution in [0.5, 0.6) is 0 Å². The number of hydrogen-bond acceptors (Lipinski definition) is 5. The van der Waals surface area contributed by atoms with Gasteiger partial charge in [0.25, 0.3) is 0 Å². The van der Waals surface area contributed by atoms with Crippen molar-refractivity contribution in [3.05, 3.63) is 29.8 Å². The Morgan fingerprint density at radius 1 is 1.30 bits per heavy atom. The molecule has 1 aliphatic heterocycles. The quantitative estimate of drug-likeness (QED) is 0.837. The first kappa shape index (κ1) is 17.6. The maximum absolute atomic E-state index is 11.5. The molecule has 0 radical (unpaired) electrons. The van der Waals surface area contributed by atoms with Gasteiger partial charge in [-0.05, 0) is 23.6 Å². The summed E-state index contributed by atoms with van der Waals surface area (Å²) in [5.41, 5.74) is 1.89. The van der Waals surface area contributed by atoms with Gasteiger partial charge in [-0.25, -0.2) is 4.79 Å². The summed E-state index contributed by atoms with van der Waals surface area (Å²) in [4.78, 5) is 13.7. The van der Waals surface area contributed by atoms with Gasteiger partial charge in [-0.2, -0.15) is 0 Å². The SMILES string of the molecule is CC(C)COC(=O)NCC(O)c1ccc(N2CCOCC2)cc1. The Balaban J connectivity index is 1.80. The van der Waals surface area contributed by atoms with E-state index in [4.69, 9.17) is 9.47 Å². The highest BCUT2D eigenvalue weighted by Crippen LogP contribution is 2.20. The van der Waals surface area contributed by atoms with Crippen molar-refractivity contribution in [3.8, 4) is 0 Å². The Bertz CT molecular complexity index is 484. The number of hydrogen-bond donors (Lipinski definition) is 2. The topological polar surface area (TPSA) is 71.0 Å². The third kappa shape index (κ3) is 5.73. The summed E-state index contributed by atoms with van der Waals surface area (Å²) in [7, 11) is 0. The standard InChI is InChI=1S/C17H26N2O4/c1-13(2)12-23-17(21)18-11-16(20)14-3-5-15(6-4-14)19-7-9-22-10-8-19/h3-6,13,16,20H,7-12H2,1-2H3,(H,18,21). The minimum absolute atomic E-state index is 0.133. The van der Waals surface area contributed by atoms with Crippen LogP contribution in [0.15, 0.2) is 24.3 Å². The summed E-state index contributed by atoms with van der Waals surface area (Å²) < 4.78 is 10.3. The average molecular weight is 322 g/mol. The molecule has 1 fully saturated rings. The lowest BCUT2D eigenvalue weighted by atomic mass is 10.1. The van der Waals surface area contributed by atoms with Gasteiger partial charge in [0.2, 0.25) is 0 Å². The predicted molar refractivity (Wildman–Crippen MR) is 88.6 cm³/mol. The number of anilines is 1. The molecule has 6 heteroatoms. The highest BCUT2D eigenvalue weighted by Gasteiger charge is 2.13. The fourth-order valence-corrected chi connectivity index (χ4v) is 2.32. The lowest BCUT2D eigenvalue weighted by Crippen LogP contribution is -2.36. The van der Waals surface area contributed by atoms with Crippen LogP contribution in [0.1, 0.15) is 25.5 Å². The van der Waals surface area contributed by atoms with Crippen molar-refractivity contribution in [2.24, 2.45) is 5.92 Å². The van der Waals surface area contributed by atoms with Gasteiger partial charge < -0.3 is 24.8 Å². The van der Waals surface area contributed by atoms with Crippen LogP contribution >= 0.6 is 0 Å². The van der Waals surface area contributed by atoms with E-state index >= 15 is 0 Å². The molecule has 1 aromatic carbocycles. The zero-order chi connectivity index (χ0) is 16.7. The van der Waals surface area contributed by atoms with Crippen molar-refractivity contribution in [3.63, 3.8) is 0 Å². The van der Waals surface area contributed by atoms with Crippen LogP contribution in [-0.2, 0) is 9.47 Å². The number of amides is 1. The van der Waals surface area contributed by atoms with Gasteiger partial charge in [0, 0.05) is 18.8 Å². The predicted octanol–water partition coefficient (Wildman–Crippen LogP) is 1.94. The van der Waals surface area contributed by atoms with Crippen molar-refractivity contribution in [1.82, 2.24) is 5.32 Å². The van der Waals surface area contributed by atoms with Gasteiger partial charge in [0.05, 0.1) is 32.5 Å². The summed E-state index contributed by atoms with van der Waals surface area (Å²) in [6.07, 6.45) is -1.25. The number of ether oxygens (including phenoxy) is 2. The fraction of sp³-hybridized carbons (Fsp3) is 0.588. The molecule has 1 aromatic rings. The molecular weight excluding hydrogens is 296 g/mol. The number of nitrogens with one attached hydrogen (secondary N) is 1. The van der Waals surface area contributed by atoms with E-state index in [0.29, 0.717) is 12.5 Å². The van der Waals surface area contributed by atoms with Gasteiger partial charge in [-0.3, -0.25) is 0 Å². The second kappa shape index (κ2) is 8.74. The highest BCUT2D eigenvalue weighted by molar-refractivity contribution is 5.67. The minimum atomic E-state index is -0.750. The molecule has 23 heavy (non-hydrogen) atoms. The number of carbonyl (C=O) groups is 1. The maximum atomic E-state index is 11.5. The van der Waals surface area contributed by atoms with Gasteiger partial charge in [0.1, 0.15) is 0 Å². The molecule has 1 saturated heterocycles. The molecule has 6 nitrogen and oxygen atoms in total. The minimum Gasteiger partial charge on any atom is -0.449 e. The molecule has 0 aliphatic carbocycles. The van der Waals surface area contributed by atoms with E-state index in [1.807, 2.05) is 38.1 Å². The smallest absolute Gasteiger partial charge is 0.407 e. The summed E-state index contributed by atoms with van der Waals surface area (Å²) in [6, 6.07) is 7.75. The van der Waals surface area contributed by atoms with Crippen molar-refractivity contribution in [1.29, 1.82) is 0 Å². The number of carbonyl (C=O) groups excluding carboxylic acids is 1. The molecule has 0 aromatic heterocycles. The molecule has 1 unspecified atom stereocenters. The van der Waals surface area contributed by atoms with E-state index in [-0.39, 0.29) is 6.54 Å². The van der Waals surface area contributed by atoms with E-state index in [1.54, 1.807) is 0 Å². The van der Waals surface area contributed by atoms with E-state index < -0.39 is 12.2 Å². The van der Waals surface area contributed by atoms with Crippen molar-refractivity contribution < 1.29 is 19.4 Å².